The van der Waals surface area contributed by atoms with Gasteiger partial charge in [-0.1, -0.05) is 5.16 Å². The first-order valence-electron chi connectivity index (χ1n) is 10.3. The van der Waals surface area contributed by atoms with Crippen molar-refractivity contribution in [2.45, 2.75) is 31.9 Å². The lowest BCUT2D eigenvalue weighted by molar-refractivity contribution is -0.228. The highest BCUT2D eigenvalue weighted by molar-refractivity contribution is 7.98. The number of oxime groups is 1. The summed E-state index contributed by atoms with van der Waals surface area (Å²) in [5.74, 6) is -3.12. The third kappa shape index (κ3) is 6.21. The number of rotatable bonds is 11. The molecule has 0 aromatic carbocycles. The predicted molar refractivity (Wildman–Crippen MR) is 131 cm³/mol. The van der Waals surface area contributed by atoms with Gasteiger partial charge in [0.2, 0.25) is 5.43 Å². The zero-order valence-corrected chi connectivity index (χ0v) is 22.0. The Hall–Kier alpha value is -3.19. The quantitative estimate of drug-likeness (QED) is 0.0944. The second-order valence-electron chi connectivity index (χ2n) is 8.32. The van der Waals surface area contributed by atoms with Crippen LogP contribution in [0.15, 0.2) is 27.6 Å². The van der Waals surface area contributed by atoms with Gasteiger partial charge < -0.3 is 20.9 Å². The number of aromatic nitrogens is 2. The summed E-state index contributed by atoms with van der Waals surface area (Å²) in [7, 11) is -4.96. The molecule has 18 heteroatoms. The van der Waals surface area contributed by atoms with Gasteiger partial charge in [-0.05, 0) is 20.1 Å². The van der Waals surface area contributed by atoms with E-state index in [1.165, 1.54) is 31.0 Å². The average Bonchev–Trinajstić information content (AvgIpc) is 3.22. The molecule has 1 aliphatic heterocycles. The number of aromatic hydroxyl groups is 1. The van der Waals surface area contributed by atoms with Gasteiger partial charge in [0.1, 0.15) is 11.4 Å². The molecule has 3 heterocycles. The summed E-state index contributed by atoms with van der Waals surface area (Å²) in [5.41, 5.74) is 3.30. The number of nitrogens with zero attached hydrogens (tertiary/aromatic N) is 4. The molecule has 37 heavy (non-hydrogen) atoms. The molecule has 3 rings (SSSR count). The first kappa shape index (κ1) is 28.4. The summed E-state index contributed by atoms with van der Waals surface area (Å²) in [6.45, 7) is 2.87. The lowest BCUT2D eigenvalue weighted by atomic mass is 9.74. The monoisotopic (exact) mass is 577 g/mol. The number of anilines is 1. The SMILES string of the molecule is CSCC(O/N=C(\C(=O)C[C@@H]1C(=O)N(OS(=O)(=O)O)C1(C)C)c1csc(N)n1)c1cc(=O)c(O)cn1O. The van der Waals surface area contributed by atoms with Crippen LogP contribution in [0.2, 0.25) is 0 Å². The second kappa shape index (κ2) is 10.7. The number of thioether (sulfide) groups is 1. The fraction of sp³-hybridized carbons (Fsp3) is 0.421. The topological polar surface area (TPSA) is 224 Å². The Morgan fingerprint density at radius 3 is 2.62 bits per heavy atom. The molecule has 0 radical (unpaired) electrons. The molecule has 1 fully saturated rings. The van der Waals surface area contributed by atoms with E-state index in [-0.39, 0.29) is 28.0 Å². The largest absolute Gasteiger partial charge is 0.503 e. The number of Topliss-reactive ketones (excluding diaryl/α,β-unsaturated/α-hetero) is 1. The van der Waals surface area contributed by atoms with Gasteiger partial charge in [-0.2, -0.15) is 30.0 Å². The Bertz CT molecular complexity index is 1400. The number of hydrogen-bond donors (Lipinski definition) is 4. The van der Waals surface area contributed by atoms with Crippen LogP contribution >= 0.6 is 23.1 Å². The van der Waals surface area contributed by atoms with Crippen molar-refractivity contribution in [3.8, 4) is 5.75 Å². The summed E-state index contributed by atoms with van der Waals surface area (Å²) in [4.78, 5) is 47.2. The molecule has 1 saturated heterocycles. The zero-order valence-electron chi connectivity index (χ0n) is 19.6. The maximum absolute atomic E-state index is 13.2. The Labute approximate surface area is 218 Å². The molecule has 0 aliphatic carbocycles. The van der Waals surface area contributed by atoms with Gasteiger partial charge in [0.25, 0.3) is 5.91 Å². The molecule has 1 aliphatic rings. The molecule has 0 spiro atoms. The summed E-state index contributed by atoms with van der Waals surface area (Å²) >= 11 is 2.29. The number of hydrogen-bond acceptors (Lipinski definition) is 14. The number of β-lactam (4-membered cyclic amide) rings is 1. The third-order valence-electron chi connectivity index (χ3n) is 5.42. The van der Waals surface area contributed by atoms with Gasteiger partial charge in [-0.25, -0.2) is 4.98 Å². The lowest BCUT2D eigenvalue weighted by Gasteiger charge is -2.50. The van der Waals surface area contributed by atoms with Crippen LogP contribution in [-0.4, -0.2) is 73.0 Å². The number of hydroxylamine groups is 2. The first-order chi connectivity index (χ1) is 17.2. The smallest absolute Gasteiger partial charge is 0.418 e. The predicted octanol–water partition coefficient (Wildman–Crippen LogP) is 0.586. The fourth-order valence-corrected chi connectivity index (χ4v) is 5.03. The van der Waals surface area contributed by atoms with Crippen molar-refractivity contribution in [1.29, 1.82) is 0 Å². The summed E-state index contributed by atoms with van der Waals surface area (Å²) in [6.07, 6.45) is 1.01. The van der Waals surface area contributed by atoms with Crippen molar-refractivity contribution in [2.75, 3.05) is 17.7 Å². The van der Waals surface area contributed by atoms with E-state index in [0.29, 0.717) is 9.79 Å². The molecule has 0 saturated carbocycles. The van der Waals surface area contributed by atoms with Crippen molar-refractivity contribution in [2.24, 2.45) is 11.1 Å². The van der Waals surface area contributed by atoms with Gasteiger partial charge in [-0.15, -0.1) is 15.6 Å². The van der Waals surface area contributed by atoms with Crippen LogP contribution in [0.5, 0.6) is 5.75 Å². The Morgan fingerprint density at radius 1 is 1.41 bits per heavy atom. The minimum Gasteiger partial charge on any atom is -0.503 e. The van der Waals surface area contributed by atoms with Gasteiger partial charge in [-0.3, -0.25) is 18.9 Å². The molecule has 15 nitrogen and oxygen atoms in total. The van der Waals surface area contributed by atoms with E-state index in [1.807, 2.05) is 0 Å². The molecule has 1 unspecified atom stereocenters. The minimum absolute atomic E-state index is 0.0399. The van der Waals surface area contributed by atoms with Crippen molar-refractivity contribution >= 4 is 56.0 Å². The van der Waals surface area contributed by atoms with E-state index in [2.05, 4.69) is 14.4 Å². The highest BCUT2D eigenvalue weighted by Gasteiger charge is 2.57. The van der Waals surface area contributed by atoms with Gasteiger partial charge in [0.05, 0.1) is 17.7 Å². The first-order valence-corrected chi connectivity index (χ1v) is 13.9. The van der Waals surface area contributed by atoms with Crippen LogP contribution in [0, 0.1) is 5.92 Å². The average molecular weight is 578 g/mol. The number of carbonyl (C=O) groups excluding carboxylic acids is 2. The van der Waals surface area contributed by atoms with Crippen molar-refractivity contribution < 1.29 is 42.0 Å². The number of amides is 1. The van der Waals surface area contributed by atoms with Crippen LogP contribution in [0.1, 0.15) is 37.8 Å². The summed E-state index contributed by atoms with van der Waals surface area (Å²) in [6, 6.07) is 0.952. The van der Waals surface area contributed by atoms with Crippen molar-refractivity contribution in [3.05, 3.63) is 39.3 Å². The Balaban J connectivity index is 1.90. The summed E-state index contributed by atoms with van der Waals surface area (Å²) < 4.78 is 35.8. The molecular formula is C19H23N5O10S3. The van der Waals surface area contributed by atoms with E-state index >= 15 is 0 Å². The minimum atomic E-state index is -4.96. The number of thiazole rings is 1. The van der Waals surface area contributed by atoms with E-state index in [1.54, 1.807) is 6.26 Å². The number of pyridine rings is 1. The van der Waals surface area contributed by atoms with E-state index in [0.717, 1.165) is 23.6 Å². The van der Waals surface area contributed by atoms with Gasteiger partial charge in [0, 0.05) is 23.6 Å². The van der Waals surface area contributed by atoms with Crippen LogP contribution < -0.4 is 11.2 Å². The van der Waals surface area contributed by atoms with Crippen LogP contribution in [0.4, 0.5) is 5.13 Å². The molecule has 2 aromatic heterocycles. The van der Waals surface area contributed by atoms with Crippen LogP contribution in [-0.2, 0) is 29.1 Å². The van der Waals surface area contributed by atoms with Crippen LogP contribution in [0.25, 0.3) is 0 Å². The van der Waals surface area contributed by atoms with Crippen molar-refractivity contribution in [3.63, 3.8) is 0 Å². The van der Waals surface area contributed by atoms with Gasteiger partial charge in [0.15, 0.2) is 28.5 Å². The molecule has 0 bridgehead atoms. The zero-order chi connectivity index (χ0) is 27.7. The molecular weight excluding hydrogens is 554 g/mol. The maximum Gasteiger partial charge on any atom is 0.418 e. The molecule has 5 N–H and O–H groups in total. The Morgan fingerprint density at radius 2 is 2.08 bits per heavy atom. The normalized spacial score (nSPS) is 18.4. The number of nitrogens with two attached hydrogens (primary N) is 1. The highest BCUT2D eigenvalue weighted by atomic mass is 32.3. The van der Waals surface area contributed by atoms with E-state index in [9.17, 15) is 33.1 Å². The summed E-state index contributed by atoms with van der Waals surface area (Å²) in [5, 5.41) is 25.6. The van der Waals surface area contributed by atoms with E-state index < -0.39 is 57.2 Å². The number of ketones is 1. The number of nitrogen functional groups attached to an aromatic ring is 1. The van der Waals surface area contributed by atoms with E-state index in [4.69, 9.17) is 15.1 Å². The molecule has 2 atom stereocenters. The van der Waals surface area contributed by atoms with Gasteiger partial charge >= 0.3 is 10.4 Å². The molecule has 2 aromatic rings. The standard InChI is InChI=1S/C19H23N5O10S3/c1-19(2)9(17(28)24(19)34-37(30,31)32)4-13(26)16(10-7-36-18(20)21-10)22-33-15(8-35-3)11-5-12(25)14(27)6-23(11)29/h5-7,9,15,27,29H,4,8H2,1-3H3,(H2,20,21)(H,30,31,32)/b22-16-/t9-,15?/m1/s1. The third-order valence-corrected chi connectivity index (χ3v) is 7.07. The molecule has 1 amide bonds. The highest BCUT2D eigenvalue weighted by Crippen LogP contribution is 2.40. The fourth-order valence-electron chi connectivity index (χ4n) is 3.49. The second-order valence-corrected chi connectivity index (χ2v) is 11.1. The van der Waals surface area contributed by atoms with Crippen LogP contribution in [0.3, 0.4) is 0 Å². The maximum atomic E-state index is 13.2. The Kier molecular flexibility index (Phi) is 8.18. The number of carbonyl (C=O) groups is 2. The van der Waals surface area contributed by atoms with Crippen molar-refractivity contribution in [1.82, 2.24) is 14.8 Å². The lowest BCUT2D eigenvalue weighted by Crippen LogP contribution is -2.68. The molecule has 202 valence electrons.